The van der Waals surface area contributed by atoms with Crippen LogP contribution in [0.15, 0.2) is 58.3 Å². The summed E-state index contributed by atoms with van der Waals surface area (Å²) in [6.45, 7) is 1.90. The molecule has 0 aliphatic carbocycles. The number of likely N-dealkylation sites (tertiary alicyclic amines) is 1. The molecule has 0 unspecified atom stereocenters. The van der Waals surface area contributed by atoms with Crippen LogP contribution in [-0.2, 0) is 16.4 Å². The van der Waals surface area contributed by atoms with Gasteiger partial charge in [0.05, 0.1) is 17.3 Å². The van der Waals surface area contributed by atoms with Gasteiger partial charge in [0.1, 0.15) is 0 Å². The molecule has 2 aliphatic rings. The monoisotopic (exact) mass is 412 g/mol. The molecule has 0 amide bonds. The Balaban J connectivity index is 1.47. The molecule has 0 N–H and O–H groups in total. The molecule has 0 bridgehead atoms. The minimum atomic E-state index is -3.30. The van der Waals surface area contributed by atoms with Gasteiger partial charge >= 0.3 is 0 Å². The summed E-state index contributed by atoms with van der Waals surface area (Å²) in [6, 6.07) is 11.7. The Hall–Kier alpha value is -2.22. The van der Waals surface area contributed by atoms with Crippen LogP contribution in [0.1, 0.15) is 17.0 Å². The lowest BCUT2D eigenvalue weighted by molar-refractivity contribution is 0.313. The Labute approximate surface area is 168 Å². The van der Waals surface area contributed by atoms with Crippen molar-refractivity contribution in [2.75, 3.05) is 20.2 Å². The zero-order chi connectivity index (χ0) is 19.3. The minimum Gasteiger partial charge on any atom is -0.481 e. The molecule has 5 nitrogen and oxygen atoms in total. The number of benzene rings is 1. The van der Waals surface area contributed by atoms with E-state index in [0.717, 1.165) is 28.8 Å². The number of hydrogen-bond donors (Lipinski definition) is 0. The standard InChI is InChI=1S/C21H20N2O3S2/c1-26-21-15(3-2-7-22-21)10-23-11-18-17-9-14(16-6-8-27-13-16)4-5-19(17)28(24,25)20(18)12-23/h2-9,13,18,20H,10-12H2,1H3/t18-,20-/m1/s1. The first-order valence-electron chi connectivity index (χ1n) is 9.18. The first kappa shape index (κ1) is 17.8. The molecule has 28 heavy (non-hydrogen) atoms. The van der Waals surface area contributed by atoms with Crippen molar-refractivity contribution in [1.29, 1.82) is 0 Å². The Morgan fingerprint density at radius 3 is 2.89 bits per heavy atom. The lowest BCUT2D eigenvalue weighted by atomic mass is 9.95. The molecule has 4 heterocycles. The molecular weight excluding hydrogens is 392 g/mol. The Kier molecular flexibility index (Phi) is 4.26. The molecule has 0 spiro atoms. The molecule has 2 aromatic heterocycles. The molecule has 1 aromatic carbocycles. The molecule has 5 rings (SSSR count). The first-order chi connectivity index (χ1) is 13.6. The summed E-state index contributed by atoms with van der Waals surface area (Å²) in [4.78, 5) is 6.96. The van der Waals surface area contributed by atoms with Gasteiger partial charge in [0.2, 0.25) is 5.88 Å². The van der Waals surface area contributed by atoms with Gasteiger partial charge in [-0.2, -0.15) is 11.3 Å². The molecule has 3 aromatic rings. The predicted molar refractivity (Wildman–Crippen MR) is 110 cm³/mol. The number of methoxy groups -OCH3 is 1. The van der Waals surface area contributed by atoms with E-state index in [1.165, 1.54) is 0 Å². The van der Waals surface area contributed by atoms with E-state index < -0.39 is 9.84 Å². The van der Waals surface area contributed by atoms with Gasteiger partial charge < -0.3 is 4.74 Å². The van der Waals surface area contributed by atoms with Crippen molar-refractivity contribution in [3.05, 3.63) is 64.5 Å². The van der Waals surface area contributed by atoms with Crippen molar-refractivity contribution in [2.45, 2.75) is 22.6 Å². The van der Waals surface area contributed by atoms with E-state index in [0.29, 0.717) is 23.9 Å². The number of pyridine rings is 1. The summed E-state index contributed by atoms with van der Waals surface area (Å²) in [5.74, 6) is 0.615. The third-order valence-electron chi connectivity index (χ3n) is 5.75. The maximum absolute atomic E-state index is 13.1. The van der Waals surface area contributed by atoms with Gasteiger partial charge in [-0.05, 0) is 51.7 Å². The molecule has 2 atom stereocenters. The van der Waals surface area contributed by atoms with Gasteiger partial charge in [0.25, 0.3) is 0 Å². The maximum Gasteiger partial charge on any atom is 0.217 e. The minimum absolute atomic E-state index is 0.0150. The van der Waals surface area contributed by atoms with Crippen molar-refractivity contribution in [1.82, 2.24) is 9.88 Å². The van der Waals surface area contributed by atoms with Crippen LogP contribution in [0, 0.1) is 0 Å². The number of ether oxygens (including phenoxy) is 1. The van der Waals surface area contributed by atoms with Gasteiger partial charge in [-0.1, -0.05) is 12.1 Å². The predicted octanol–water partition coefficient (Wildman–Crippen LogP) is 3.57. The molecule has 144 valence electrons. The number of hydrogen-bond acceptors (Lipinski definition) is 6. The number of sulfone groups is 1. The van der Waals surface area contributed by atoms with E-state index in [2.05, 4.69) is 27.4 Å². The molecule has 0 saturated carbocycles. The quantitative estimate of drug-likeness (QED) is 0.656. The SMILES string of the molecule is COc1ncccc1CN1C[C@@H]2c3cc(-c4ccsc4)ccc3S(=O)(=O)[C@@H]2C1. The van der Waals surface area contributed by atoms with E-state index in [1.54, 1.807) is 30.7 Å². The van der Waals surface area contributed by atoms with Gasteiger partial charge in [-0.25, -0.2) is 13.4 Å². The van der Waals surface area contributed by atoms with Crippen LogP contribution in [0.2, 0.25) is 0 Å². The van der Waals surface area contributed by atoms with Gasteiger partial charge in [-0.15, -0.1) is 0 Å². The number of rotatable bonds is 4. The van der Waals surface area contributed by atoms with Crippen LogP contribution >= 0.6 is 11.3 Å². The van der Waals surface area contributed by atoms with Crippen LogP contribution in [-0.4, -0.2) is 43.8 Å². The molecule has 2 aliphatic heterocycles. The molecule has 0 radical (unpaired) electrons. The highest BCUT2D eigenvalue weighted by atomic mass is 32.2. The molecular formula is C21H20N2O3S2. The zero-order valence-corrected chi connectivity index (χ0v) is 17.0. The van der Waals surface area contributed by atoms with Crippen LogP contribution < -0.4 is 4.74 Å². The number of aromatic nitrogens is 1. The van der Waals surface area contributed by atoms with Crippen LogP contribution in [0.5, 0.6) is 5.88 Å². The molecule has 1 fully saturated rings. The van der Waals surface area contributed by atoms with E-state index in [-0.39, 0.29) is 11.2 Å². The second kappa shape index (κ2) is 6.69. The fraction of sp³-hybridized carbons (Fsp3) is 0.286. The summed E-state index contributed by atoms with van der Waals surface area (Å²) >= 11 is 1.65. The maximum atomic E-state index is 13.1. The number of thiophene rings is 1. The lowest BCUT2D eigenvalue weighted by Crippen LogP contribution is -2.26. The Morgan fingerprint density at radius 1 is 1.21 bits per heavy atom. The van der Waals surface area contributed by atoms with Crippen molar-refractivity contribution >= 4 is 21.2 Å². The molecule has 1 saturated heterocycles. The van der Waals surface area contributed by atoms with E-state index in [4.69, 9.17) is 4.74 Å². The summed E-state index contributed by atoms with van der Waals surface area (Å²) in [5.41, 5.74) is 4.18. The Bertz CT molecular complexity index is 1130. The summed E-state index contributed by atoms with van der Waals surface area (Å²) in [6.07, 6.45) is 1.70. The second-order valence-corrected chi connectivity index (χ2v) is 10.2. The van der Waals surface area contributed by atoms with Gasteiger partial charge in [0.15, 0.2) is 9.84 Å². The van der Waals surface area contributed by atoms with E-state index >= 15 is 0 Å². The summed E-state index contributed by atoms with van der Waals surface area (Å²) in [5, 5.41) is 3.77. The van der Waals surface area contributed by atoms with Crippen LogP contribution in [0.4, 0.5) is 0 Å². The highest BCUT2D eigenvalue weighted by molar-refractivity contribution is 7.92. The number of fused-ring (bicyclic) bond motifs is 3. The van der Waals surface area contributed by atoms with Crippen molar-refractivity contribution < 1.29 is 13.2 Å². The van der Waals surface area contributed by atoms with Crippen LogP contribution in [0.3, 0.4) is 0 Å². The third-order valence-corrected chi connectivity index (χ3v) is 8.69. The van der Waals surface area contributed by atoms with E-state index in [1.807, 2.05) is 23.6 Å². The van der Waals surface area contributed by atoms with Crippen molar-refractivity contribution in [3.63, 3.8) is 0 Å². The fourth-order valence-electron chi connectivity index (χ4n) is 4.43. The highest BCUT2D eigenvalue weighted by Crippen LogP contribution is 2.46. The fourth-order valence-corrected chi connectivity index (χ4v) is 7.29. The second-order valence-electron chi connectivity index (χ2n) is 7.32. The number of nitrogens with zero attached hydrogens (tertiary/aromatic N) is 2. The third kappa shape index (κ3) is 2.77. The largest absolute Gasteiger partial charge is 0.481 e. The average Bonchev–Trinajstić information content (AvgIpc) is 3.41. The van der Waals surface area contributed by atoms with Crippen LogP contribution in [0.25, 0.3) is 11.1 Å². The van der Waals surface area contributed by atoms with Gasteiger partial charge in [-0.3, -0.25) is 4.90 Å². The Morgan fingerprint density at radius 2 is 2.11 bits per heavy atom. The summed E-state index contributed by atoms with van der Waals surface area (Å²) < 4.78 is 31.6. The van der Waals surface area contributed by atoms with Gasteiger partial charge in [0, 0.05) is 37.3 Å². The van der Waals surface area contributed by atoms with Crippen molar-refractivity contribution in [2.24, 2.45) is 0 Å². The normalized spacial score (nSPS) is 22.8. The summed E-state index contributed by atoms with van der Waals surface area (Å²) in [7, 11) is -1.69. The smallest absolute Gasteiger partial charge is 0.217 e. The highest BCUT2D eigenvalue weighted by Gasteiger charge is 2.50. The lowest BCUT2D eigenvalue weighted by Gasteiger charge is -2.18. The first-order valence-corrected chi connectivity index (χ1v) is 11.7. The topological polar surface area (TPSA) is 59.5 Å². The van der Waals surface area contributed by atoms with Crippen molar-refractivity contribution in [3.8, 4) is 17.0 Å². The zero-order valence-electron chi connectivity index (χ0n) is 15.4. The average molecular weight is 413 g/mol. The van der Waals surface area contributed by atoms with E-state index in [9.17, 15) is 8.42 Å². The molecule has 7 heteroatoms.